The van der Waals surface area contributed by atoms with Gasteiger partial charge in [-0.25, -0.2) is 4.98 Å². The second-order valence-corrected chi connectivity index (χ2v) is 6.40. The van der Waals surface area contributed by atoms with Crippen LogP contribution >= 0.6 is 11.8 Å². The fraction of sp³-hybridized carbons (Fsp3) is 0.500. The Labute approximate surface area is 116 Å². The fourth-order valence-corrected chi connectivity index (χ4v) is 3.41. The maximum Gasteiger partial charge on any atom is 0.166 e. The number of nitrogens with two attached hydrogens (primary N) is 1. The second kappa shape index (κ2) is 4.81. The number of thioether (sulfide) groups is 1. The van der Waals surface area contributed by atoms with Crippen molar-refractivity contribution in [1.29, 1.82) is 0 Å². The van der Waals surface area contributed by atoms with Crippen LogP contribution in [0.2, 0.25) is 0 Å². The molecule has 1 fully saturated rings. The number of hydrogen-bond donors (Lipinski definition) is 3. The number of nitrogens with zero attached hydrogens (tertiary/aromatic N) is 1. The van der Waals surface area contributed by atoms with Gasteiger partial charge in [-0.1, -0.05) is 17.8 Å². The maximum atomic E-state index is 10.5. The Kier molecular flexibility index (Phi) is 3.28. The molecule has 5 heteroatoms. The van der Waals surface area contributed by atoms with Crippen LogP contribution in [-0.2, 0) is 0 Å². The summed E-state index contributed by atoms with van der Waals surface area (Å²) >= 11 is 1.56. The van der Waals surface area contributed by atoms with Crippen LogP contribution in [-0.4, -0.2) is 33.0 Å². The van der Waals surface area contributed by atoms with Crippen molar-refractivity contribution in [2.75, 3.05) is 12.3 Å². The highest BCUT2D eigenvalue weighted by Gasteiger charge is 2.42. The van der Waals surface area contributed by atoms with Crippen molar-refractivity contribution < 1.29 is 5.11 Å². The molecule has 0 amide bonds. The lowest BCUT2D eigenvalue weighted by Gasteiger charge is -2.25. The van der Waals surface area contributed by atoms with Crippen molar-refractivity contribution in [1.82, 2.24) is 9.97 Å². The normalized spacial score (nSPS) is 18.7. The molecule has 1 aromatic carbocycles. The highest BCUT2D eigenvalue weighted by Crippen LogP contribution is 2.41. The first kappa shape index (κ1) is 13.0. The quantitative estimate of drug-likeness (QED) is 0.731. The zero-order valence-electron chi connectivity index (χ0n) is 11.0. The van der Waals surface area contributed by atoms with Crippen LogP contribution in [0.1, 0.15) is 18.4 Å². The number of aliphatic hydroxyl groups is 1. The monoisotopic (exact) mass is 277 g/mol. The summed E-state index contributed by atoms with van der Waals surface area (Å²) in [7, 11) is 0. The van der Waals surface area contributed by atoms with E-state index < -0.39 is 5.60 Å². The van der Waals surface area contributed by atoms with Gasteiger partial charge in [0.25, 0.3) is 0 Å². The molecule has 1 atom stereocenters. The molecule has 1 saturated carbocycles. The summed E-state index contributed by atoms with van der Waals surface area (Å²) in [6, 6.07) is 6.15. The summed E-state index contributed by atoms with van der Waals surface area (Å²) in [4.78, 5) is 7.82. The average molecular weight is 277 g/mol. The Balaban J connectivity index is 1.74. The Hall–Kier alpha value is -1.04. The van der Waals surface area contributed by atoms with E-state index in [-0.39, 0.29) is 0 Å². The van der Waals surface area contributed by atoms with Gasteiger partial charge >= 0.3 is 0 Å². The molecular weight excluding hydrogens is 258 g/mol. The molecule has 4 nitrogen and oxygen atoms in total. The number of rotatable bonds is 5. The lowest BCUT2D eigenvalue weighted by molar-refractivity contribution is 0.0509. The summed E-state index contributed by atoms with van der Waals surface area (Å²) < 4.78 is 0. The van der Waals surface area contributed by atoms with Gasteiger partial charge in [-0.2, -0.15) is 0 Å². The highest BCUT2D eigenvalue weighted by atomic mass is 32.2. The third kappa shape index (κ3) is 2.63. The molecule has 0 aliphatic heterocycles. The molecule has 1 aliphatic carbocycles. The molecule has 102 valence electrons. The number of fused-ring (bicyclic) bond motifs is 1. The lowest BCUT2D eigenvalue weighted by atomic mass is 10.0. The molecule has 1 heterocycles. The smallest absolute Gasteiger partial charge is 0.166 e. The van der Waals surface area contributed by atoms with Crippen molar-refractivity contribution >= 4 is 22.8 Å². The Morgan fingerprint density at radius 2 is 2.32 bits per heavy atom. The van der Waals surface area contributed by atoms with Crippen LogP contribution in [0.15, 0.2) is 23.4 Å². The predicted octanol–water partition coefficient (Wildman–Crippen LogP) is 2.06. The first-order valence-electron chi connectivity index (χ1n) is 6.62. The van der Waals surface area contributed by atoms with E-state index >= 15 is 0 Å². The number of H-pyrrole nitrogens is 1. The zero-order chi connectivity index (χ0) is 13.5. The SMILES string of the molecule is Cc1ccc2nc(SCC(O)(CN)C3CC3)[nH]c2c1. The lowest BCUT2D eigenvalue weighted by Crippen LogP contribution is -2.42. The summed E-state index contributed by atoms with van der Waals surface area (Å²) in [6.07, 6.45) is 2.18. The van der Waals surface area contributed by atoms with Crippen molar-refractivity contribution in [3.63, 3.8) is 0 Å². The zero-order valence-corrected chi connectivity index (χ0v) is 11.8. The standard InChI is InChI=1S/C14H19N3OS/c1-9-2-5-11-12(6-9)17-13(16-11)19-8-14(18,7-15)10-3-4-10/h2,5-6,10,18H,3-4,7-8,15H2,1H3,(H,16,17). The minimum absolute atomic E-state index is 0.323. The molecule has 0 saturated heterocycles. The van der Waals surface area contributed by atoms with Crippen LogP contribution in [0, 0.1) is 12.8 Å². The number of imidazole rings is 1. The molecule has 4 N–H and O–H groups in total. The average Bonchev–Trinajstić information content (AvgIpc) is 3.17. The van der Waals surface area contributed by atoms with Crippen molar-refractivity contribution in [2.45, 2.75) is 30.5 Å². The summed E-state index contributed by atoms with van der Waals surface area (Å²) in [5.74, 6) is 0.976. The van der Waals surface area contributed by atoms with Crippen LogP contribution < -0.4 is 5.73 Å². The van der Waals surface area contributed by atoms with E-state index in [2.05, 4.69) is 29.0 Å². The maximum absolute atomic E-state index is 10.5. The molecule has 2 aromatic rings. The third-order valence-corrected chi connectivity index (χ3v) is 4.88. The van der Waals surface area contributed by atoms with E-state index in [4.69, 9.17) is 5.73 Å². The van der Waals surface area contributed by atoms with E-state index in [0.29, 0.717) is 18.2 Å². The molecule has 0 bridgehead atoms. The fourth-order valence-electron chi connectivity index (χ4n) is 2.33. The van der Waals surface area contributed by atoms with Crippen LogP contribution in [0.5, 0.6) is 0 Å². The summed E-state index contributed by atoms with van der Waals surface area (Å²) in [5.41, 5.74) is 8.20. The molecular formula is C14H19N3OS. The van der Waals surface area contributed by atoms with Crippen molar-refractivity contribution in [2.24, 2.45) is 11.7 Å². The molecule has 0 spiro atoms. The topological polar surface area (TPSA) is 74.9 Å². The van der Waals surface area contributed by atoms with Gasteiger partial charge < -0.3 is 15.8 Å². The first-order valence-corrected chi connectivity index (χ1v) is 7.61. The van der Waals surface area contributed by atoms with Gasteiger partial charge in [-0.05, 0) is 43.4 Å². The van der Waals surface area contributed by atoms with Gasteiger partial charge in [0, 0.05) is 12.3 Å². The molecule has 1 aliphatic rings. The van der Waals surface area contributed by atoms with E-state index in [1.807, 2.05) is 6.07 Å². The van der Waals surface area contributed by atoms with E-state index in [1.165, 1.54) is 5.56 Å². The van der Waals surface area contributed by atoms with Crippen molar-refractivity contribution in [3.05, 3.63) is 23.8 Å². The Bertz CT molecular complexity index is 593. The van der Waals surface area contributed by atoms with E-state index in [0.717, 1.165) is 29.0 Å². The van der Waals surface area contributed by atoms with E-state index in [9.17, 15) is 5.11 Å². The number of aromatic nitrogens is 2. The summed E-state index contributed by atoms with van der Waals surface area (Å²) in [5, 5.41) is 11.3. The van der Waals surface area contributed by atoms with Crippen molar-refractivity contribution in [3.8, 4) is 0 Å². The molecule has 1 aromatic heterocycles. The Morgan fingerprint density at radius 1 is 1.53 bits per heavy atom. The number of nitrogens with one attached hydrogen (secondary N) is 1. The van der Waals surface area contributed by atoms with Gasteiger partial charge in [0.2, 0.25) is 0 Å². The molecule has 1 unspecified atom stereocenters. The third-order valence-electron chi connectivity index (χ3n) is 3.77. The Morgan fingerprint density at radius 3 is 3.00 bits per heavy atom. The first-order chi connectivity index (χ1) is 9.10. The highest BCUT2D eigenvalue weighted by molar-refractivity contribution is 7.99. The minimum Gasteiger partial charge on any atom is -0.387 e. The van der Waals surface area contributed by atoms with Gasteiger partial charge in [-0.3, -0.25) is 0 Å². The van der Waals surface area contributed by atoms with Gasteiger partial charge in [-0.15, -0.1) is 0 Å². The van der Waals surface area contributed by atoms with Gasteiger partial charge in [0.1, 0.15) is 0 Å². The number of hydrogen-bond acceptors (Lipinski definition) is 4. The van der Waals surface area contributed by atoms with Gasteiger partial charge in [0.05, 0.1) is 16.6 Å². The van der Waals surface area contributed by atoms with Crippen LogP contribution in [0.4, 0.5) is 0 Å². The molecule has 0 radical (unpaired) electrons. The largest absolute Gasteiger partial charge is 0.387 e. The van der Waals surface area contributed by atoms with Crippen LogP contribution in [0.3, 0.4) is 0 Å². The van der Waals surface area contributed by atoms with Gasteiger partial charge in [0.15, 0.2) is 5.16 Å². The second-order valence-electron chi connectivity index (χ2n) is 5.43. The molecule has 3 rings (SSSR count). The summed E-state index contributed by atoms with van der Waals surface area (Å²) in [6.45, 7) is 2.39. The van der Waals surface area contributed by atoms with Crippen LogP contribution in [0.25, 0.3) is 11.0 Å². The number of aryl methyl sites for hydroxylation is 1. The molecule has 19 heavy (non-hydrogen) atoms. The van der Waals surface area contributed by atoms with E-state index in [1.54, 1.807) is 11.8 Å². The number of benzene rings is 1. The predicted molar refractivity (Wildman–Crippen MR) is 78.3 cm³/mol. The minimum atomic E-state index is -0.737. The number of aromatic amines is 1.